The van der Waals surface area contributed by atoms with Gasteiger partial charge in [-0.1, -0.05) is 11.6 Å². The number of aromatic nitrogens is 3. The fraction of sp³-hybridized carbons (Fsp3) is 0.0526. The summed E-state index contributed by atoms with van der Waals surface area (Å²) in [5.41, 5.74) is 8.88. The highest BCUT2D eigenvalue weighted by atomic mass is 35.5. The third-order valence-electron chi connectivity index (χ3n) is 4.31. The number of benzene rings is 2. The number of aryl methyl sites for hydroxylation is 1. The SMILES string of the molecule is Cc1cc(S(=O)(=O)Nc2cscn2)c(F)cc1Oc1ccc(Cl)cc1-c1cn[nH]c1N. The molecule has 4 aromatic rings. The molecule has 0 amide bonds. The van der Waals surface area contributed by atoms with E-state index in [0.29, 0.717) is 33.3 Å². The number of ether oxygens (including phenoxy) is 1. The van der Waals surface area contributed by atoms with E-state index in [1.165, 1.54) is 34.5 Å². The summed E-state index contributed by atoms with van der Waals surface area (Å²) in [6.07, 6.45) is 1.51. The minimum Gasteiger partial charge on any atom is -0.456 e. The van der Waals surface area contributed by atoms with Crippen LogP contribution in [0.25, 0.3) is 11.1 Å². The molecule has 0 unspecified atom stereocenters. The maximum atomic E-state index is 14.8. The minimum absolute atomic E-state index is 0.117. The van der Waals surface area contributed by atoms with Gasteiger partial charge in [0.15, 0.2) is 5.82 Å². The quantitative estimate of drug-likeness (QED) is 0.364. The number of aromatic amines is 1. The summed E-state index contributed by atoms with van der Waals surface area (Å²) in [6, 6.07) is 7.07. The molecule has 31 heavy (non-hydrogen) atoms. The Balaban J connectivity index is 1.70. The number of halogens is 2. The van der Waals surface area contributed by atoms with Crippen molar-refractivity contribution >= 4 is 44.6 Å². The number of rotatable bonds is 6. The van der Waals surface area contributed by atoms with Crippen molar-refractivity contribution in [1.29, 1.82) is 0 Å². The first-order valence-electron chi connectivity index (χ1n) is 8.72. The fourth-order valence-corrected chi connectivity index (χ4v) is 4.71. The van der Waals surface area contributed by atoms with Crippen molar-refractivity contribution in [2.75, 3.05) is 10.5 Å². The van der Waals surface area contributed by atoms with Crippen molar-refractivity contribution in [3.8, 4) is 22.6 Å². The van der Waals surface area contributed by atoms with Crippen LogP contribution in [-0.4, -0.2) is 23.6 Å². The molecule has 0 fully saturated rings. The average Bonchev–Trinajstić information content (AvgIpc) is 3.36. The Morgan fingerprint density at radius 1 is 1.23 bits per heavy atom. The zero-order chi connectivity index (χ0) is 22.2. The van der Waals surface area contributed by atoms with Gasteiger partial charge in [0.05, 0.1) is 11.7 Å². The lowest BCUT2D eigenvalue weighted by atomic mass is 10.1. The summed E-state index contributed by atoms with van der Waals surface area (Å²) in [5.74, 6) is -0.0657. The fourth-order valence-electron chi connectivity index (χ4n) is 2.84. The van der Waals surface area contributed by atoms with E-state index >= 15 is 0 Å². The van der Waals surface area contributed by atoms with E-state index in [-0.39, 0.29) is 11.6 Å². The zero-order valence-corrected chi connectivity index (χ0v) is 18.3. The molecule has 0 radical (unpaired) electrons. The van der Waals surface area contributed by atoms with Gasteiger partial charge < -0.3 is 10.5 Å². The summed E-state index contributed by atoms with van der Waals surface area (Å²) in [4.78, 5) is 3.34. The highest BCUT2D eigenvalue weighted by Gasteiger charge is 2.23. The van der Waals surface area contributed by atoms with E-state index in [0.717, 1.165) is 6.07 Å². The molecular formula is C19H15ClFN5O3S2. The number of sulfonamides is 1. The molecule has 4 rings (SSSR count). The molecule has 160 valence electrons. The Morgan fingerprint density at radius 3 is 2.71 bits per heavy atom. The average molecular weight is 480 g/mol. The Morgan fingerprint density at radius 2 is 2.03 bits per heavy atom. The summed E-state index contributed by atoms with van der Waals surface area (Å²) in [7, 11) is -4.16. The Bertz CT molecular complexity index is 1360. The molecule has 0 aliphatic carbocycles. The van der Waals surface area contributed by atoms with Gasteiger partial charge in [-0.2, -0.15) is 5.10 Å². The number of hydrogen-bond acceptors (Lipinski definition) is 7. The number of anilines is 2. The van der Waals surface area contributed by atoms with Crippen LogP contribution in [0.15, 0.2) is 52.3 Å². The lowest BCUT2D eigenvalue weighted by molar-refractivity contribution is 0.471. The summed E-state index contributed by atoms with van der Waals surface area (Å²) in [6.45, 7) is 1.61. The van der Waals surface area contributed by atoms with Crippen LogP contribution in [0.3, 0.4) is 0 Å². The molecule has 4 N–H and O–H groups in total. The predicted octanol–water partition coefficient (Wildman–Crippen LogP) is 4.81. The number of nitrogens with zero attached hydrogens (tertiary/aromatic N) is 2. The van der Waals surface area contributed by atoms with Gasteiger partial charge in [0, 0.05) is 27.6 Å². The van der Waals surface area contributed by atoms with Crippen molar-refractivity contribution in [2.24, 2.45) is 0 Å². The minimum atomic E-state index is -4.16. The second-order valence-corrected chi connectivity index (χ2v) is 9.27. The third kappa shape index (κ3) is 4.33. The highest BCUT2D eigenvalue weighted by molar-refractivity contribution is 7.92. The van der Waals surface area contributed by atoms with Crippen molar-refractivity contribution in [1.82, 2.24) is 15.2 Å². The summed E-state index contributed by atoms with van der Waals surface area (Å²) in [5, 5.41) is 8.47. The van der Waals surface area contributed by atoms with E-state index in [4.69, 9.17) is 22.1 Å². The highest BCUT2D eigenvalue weighted by Crippen LogP contribution is 2.39. The number of thiazole rings is 1. The van der Waals surface area contributed by atoms with Crippen LogP contribution in [0.5, 0.6) is 11.5 Å². The van der Waals surface area contributed by atoms with Gasteiger partial charge in [-0.3, -0.25) is 9.82 Å². The van der Waals surface area contributed by atoms with Crippen molar-refractivity contribution in [2.45, 2.75) is 11.8 Å². The first-order valence-corrected chi connectivity index (χ1v) is 11.5. The topological polar surface area (TPSA) is 123 Å². The second-order valence-electron chi connectivity index (χ2n) is 6.47. The van der Waals surface area contributed by atoms with Gasteiger partial charge in [0.2, 0.25) is 0 Å². The molecule has 0 aliphatic rings. The van der Waals surface area contributed by atoms with Crippen molar-refractivity contribution < 1.29 is 17.5 Å². The second kappa shape index (κ2) is 8.17. The van der Waals surface area contributed by atoms with Crippen LogP contribution in [0.4, 0.5) is 16.0 Å². The van der Waals surface area contributed by atoms with Gasteiger partial charge in [0.25, 0.3) is 10.0 Å². The number of hydrogen-bond donors (Lipinski definition) is 3. The molecule has 2 aromatic heterocycles. The maximum Gasteiger partial charge on any atom is 0.266 e. The van der Waals surface area contributed by atoms with Crippen molar-refractivity contribution in [3.05, 3.63) is 63.8 Å². The number of nitrogens with two attached hydrogens (primary N) is 1. The van der Waals surface area contributed by atoms with Gasteiger partial charge >= 0.3 is 0 Å². The number of nitrogen functional groups attached to an aromatic ring is 1. The van der Waals surface area contributed by atoms with E-state index in [1.54, 1.807) is 25.1 Å². The van der Waals surface area contributed by atoms with E-state index < -0.39 is 20.7 Å². The molecule has 0 atom stereocenters. The standard InChI is InChI=1S/C19H15ClFN5O3S2/c1-10-4-17(31(27,28)26-18-8-30-9-23-18)14(21)6-16(10)29-15-3-2-11(20)5-12(15)13-7-24-25-19(13)22/h2-9,26H,1H3,(H3,22,24,25). The van der Waals surface area contributed by atoms with E-state index in [1.807, 2.05) is 0 Å². The Kier molecular flexibility index (Phi) is 5.56. The lowest BCUT2D eigenvalue weighted by Gasteiger charge is -2.15. The molecule has 0 spiro atoms. The largest absolute Gasteiger partial charge is 0.456 e. The molecule has 12 heteroatoms. The van der Waals surface area contributed by atoms with Crippen molar-refractivity contribution in [3.63, 3.8) is 0 Å². The Hall–Kier alpha value is -3.15. The third-order valence-corrected chi connectivity index (χ3v) is 6.50. The normalized spacial score (nSPS) is 11.5. The zero-order valence-electron chi connectivity index (χ0n) is 15.9. The van der Waals surface area contributed by atoms with E-state index in [2.05, 4.69) is 19.9 Å². The monoisotopic (exact) mass is 479 g/mol. The number of nitrogens with one attached hydrogen (secondary N) is 2. The Labute approximate surface area is 185 Å². The van der Waals surface area contributed by atoms with Crippen LogP contribution in [-0.2, 0) is 10.0 Å². The smallest absolute Gasteiger partial charge is 0.266 e. The molecule has 2 heterocycles. The van der Waals surface area contributed by atoms with Gasteiger partial charge in [-0.05, 0) is 36.8 Å². The number of H-pyrrole nitrogens is 1. The molecule has 0 bridgehead atoms. The molecule has 0 aliphatic heterocycles. The molecule has 8 nitrogen and oxygen atoms in total. The first-order chi connectivity index (χ1) is 14.7. The molecule has 0 saturated carbocycles. The van der Waals surface area contributed by atoms with Gasteiger partial charge in [0.1, 0.15) is 28.0 Å². The van der Waals surface area contributed by atoms with E-state index in [9.17, 15) is 12.8 Å². The van der Waals surface area contributed by atoms with Crippen LogP contribution in [0.2, 0.25) is 5.02 Å². The van der Waals surface area contributed by atoms with Crippen LogP contribution in [0, 0.1) is 12.7 Å². The summed E-state index contributed by atoms with van der Waals surface area (Å²) < 4.78 is 48.1. The van der Waals surface area contributed by atoms with Crippen LogP contribution < -0.4 is 15.2 Å². The first kappa shape index (κ1) is 21.1. The van der Waals surface area contributed by atoms with Gasteiger partial charge in [-0.15, -0.1) is 11.3 Å². The summed E-state index contributed by atoms with van der Waals surface area (Å²) >= 11 is 7.32. The van der Waals surface area contributed by atoms with Gasteiger partial charge in [-0.25, -0.2) is 17.8 Å². The van der Waals surface area contributed by atoms with Crippen LogP contribution in [0.1, 0.15) is 5.56 Å². The predicted molar refractivity (Wildman–Crippen MR) is 118 cm³/mol. The van der Waals surface area contributed by atoms with Crippen LogP contribution >= 0.6 is 22.9 Å². The molecule has 2 aromatic carbocycles. The molecule has 0 saturated heterocycles. The maximum absolute atomic E-state index is 14.8. The lowest BCUT2D eigenvalue weighted by Crippen LogP contribution is -2.15. The molecular weight excluding hydrogens is 465 g/mol.